The molecule has 5 N–H and O–H groups in total. The highest BCUT2D eigenvalue weighted by Gasteiger charge is 2.69. The van der Waals surface area contributed by atoms with Crippen LogP contribution < -0.4 is 0 Å². The van der Waals surface area contributed by atoms with Gasteiger partial charge in [-0.05, 0) is 13.3 Å². The minimum atomic E-state index is -5.75. The van der Waals surface area contributed by atoms with Gasteiger partial charge in [-0.15, -0.1) is 0 Å². The van der Waals surface area contributed by atoms with Crippen LogP contribution >= 0.6 is 0 Å². The van der Waals surface area contributed by atoms with Gasteiger partial charge in [0, 0.05) is 0 Å². The fraction of sp³-hybridized carbons (Fsp3) is 0.846. The fourth-order valence-corrected chi connectivity index (χ4v) is 6.21. The van der Waals surface area contributed by atoms with Crippen LogP contribution in [-0.4, -0.2) is 62.0 Å². The first kappa shape index (κ1) is 35.8. The van der Waals surface area contributed by atoms with Crippen molar-refractivity contribution in [2.24, 2.45) is 11.3 Å². The van der Waals surface area contributed by atoms with Gasteiger partial charge < -0.3 is 20.4 Å². The van der Waals surface area contributed by atoms with Crippen molar-refractivity contribution in [3.05, 3.63) is 0 Å². The summed E-state index contributed by atoms with van der Waals surface area (Å²) in [7, 11) is -5.75. The molecule has 2 atom stereocenters. The highest BCUT2D eigenvalue weighted by atomic mass is 32.2. The van der Waals surface area contributed by atoms with Crippen LogP contribution in [0.4, 0.5) is 0 Å². The number of carbonyl (C=O) groups is 4. The van der Waals surface area contributed by atoms with Gasteiger partial charge in [-0.25, -0.2) is 0 Å². The lowest BCUT2D eigenvalue weighted by molar-refractivity contribution is -0.178. The molecule has 0 heterocycles. The van der Waals surface area contributed by atoms with Crippen LogP contribution in [-0.2, 0) is 29.3 Å². The van der Waals surface area contributed by atoms with Gasteiger partial charge in [0.25, 0.3) is 10.1 Å². The van der Waals surface area contributed by atoms with Crippen molar-refractivity contribution in [3.8, 4) is 0 Å². The molecule has 0 spiro atoms. The Morgan fingerprint density at radius 3 is 1.16 bits per heavy atom. The molecule has 0 aliphatic heterocycles. The summed E-state index contributed by atoms with van der Waals surface area (Å²) in [5.41, 5.74) is -3.34. The smallest absolute Gasteiger partial charge is 0.328 e. The number of hydrogen-bond donors (Lipinski definition) is 5. The Morgan fingerprint density at radius 1 is 0.605 bits per heavy atom. The second-order valence-corrected chi connectivity index (χ2v) is 12.0. The Morgan fingerprint density at radius 2 is 0.921 bits per heavy atom. The maximum Gasteiger partial charge on any atom is 0.328 e. The van der Waals surface area contributed by atoms with Crippen LogP contribution in [0.15, 0.2) is 0 Å². The molecule has 0 saturated carbocycles. The molecule has 0 saturated heterocycles. The third-order valence-corrected chi connectivity index (χ3v) is 8.94. The Bertz CT molecular complexity index is 854. The van der Waals surface area contributed by atoms with Gasteiger partial charge in [-0.1, -0.05) is 110 Å². The van der Waals surface area contributed by atoms with Gasteiger partial charge in [-0.2, -0.15) is 8.42 Å². The van der Waals surface area contributed by atoms with E-state index in [2.05, 4.69) is 6.92 Å². The van der Waals surface area contributed by atoms with E-state index in [0.717, 1.165) is 32.1 Å². The van der Waals surface area contributed by atoms with E-state index in [1.165, 1.54) is 51.4 Å². The Balaban J connectivity index is 4.87. The molecular weight excluding hydrogens is 520 g/mol. The van der Waals surface area contributed by atoms with Crippen LogP contribution in [0.2, 0.25) is 0 Å². The summed E-state index contributed by atoms with van der Waals surface area (Å²) < 4.78 is 30.8. The number of unbranched alkanes of at least 4 members (excludes halogenated alkanes) is 15. The predicted octanol–water partition coefficient (Wildman–Crippen LogP) is 5.23. The second-order valence-electron chi connectivity index (χ2n) is 10.3. The van der Waals surface area contributed by atoms with Crippen molar-refractivity contribution in [2.75, 3.05) is 0 Å². The molecule has 0 radical (unpaired) electrons. The molecule has 0 aromatic heterocycles. The average molecular weight is 567 g/mol. The number of carboxylic acids is 4. The topological polar surface area (TPSA) is 204 Å². The maximum absolute atomic E-state index is 12.2. The van der Waals surface area contributed by atoms with E-state index >= 15 is 0 Å². The van der Waals surface area contributed by atoms with E-state index in [4.69, 9.17) is 0 Å². The Hall–Kier alpha value is -2.21. The summed E-state index contributed by atoms with van der Waals surface area (Å²) >= 11 is 0. The molecule has 222 valence electrons. The molecule has 0 aromatic rings. The van der Waals surface area contributed by atoms with Gasteiger partial charge in [0.1, 0.15) is 5.92 Å². The van der Waals surface area contributed by atoms with Crippen LogP contribution in [0.25, 0.3) is 0 Å². The molecule has 11 nitrogen and oxygen atoms in total. The molecule has 0 aliphatic rings. The van der Waals surface area contributed by atoms with Crippen LogP contribution in [0.1, 0.15) is 123 Å². The van der Waals surface area contributed by atoms with Crippen LogP contribution in [0, 0.1) is 11.3 Å². The number of rotatable bonds is 24. The minimum absolute atomic E-state index is 0.163. The summed E-state index contributed by atoms with van der Waals surface area (Å²) in [6.45, 7) is 2.63. The number of aliphatic carboxylic acids is 4. The molecule has 0 aliphatic carbocycles. The van der Waals surface area contributed by atoms with E-state index in [-0.39, 0.29) is 6.42 Å². The normalized spacial score (nSPS) is 14.5. The highest BCUT2D eigenvalue weighted by Crippen LogP contribution is 2.44. The molecule has 0 fully saturated rings. The van der Waals surface area contributed by atoms with Crippen molar-refractivity contribution < 1.29 is 52.6 Å². The first-order chi connectivity index (χ1) is 17.7. The average Bonchev–Trinajstić information content (AvgIpc) is 2.81. The molecule has 0 amide bonds. The van der Waals surface area contributed by atoms with Gasteiger partial charge in [0.05, 0.1) is 0 Å². The summed E-state index contributed by atoms with van der Waals surface area (Å²) in [4.78, 5) is 47.5. The Kier molecular flexibility index (Phi) is 16.4. The summed E-state index contributed by atoms with van der Waals surface area (Å²) in [6, 6.07) is 0. The van der Waals surface area contributed by atoms with E-state index in [1.54, 1.807) is 0 Å². The third kappa shape index (κ3) is 10.2. The molecule has 2 unspecified atom stereocenters. The lowest BCUT2D eigenvalue weighted by Gasteiger charge is -2.38. The van der Waals surface area contributed by atoms with Crippen molar-refractivity contribution in [1.29, 1.82) is 0 Å². The van der Waals surface area contributed by atoms with E-state index < -0.39 is 56.5 Å². The first-order valence-electron chi connectivity index (χ1n) is 13.6. The fourth-order valence-electron chi connectivity index (χ4n) is 4.95. The van der Waals surface area contributed by atoms with Crippen LogP contribution in [0.5, 0.6) is 0 Å². The molecule has 38 heavy (non-hydrogen) atoms. The maximum atomic E-state index is 12.2. The van der Waals surface area contributed by atoms with Gasteiger partial charge in [0.2, 0.25) is 4.75 Å². The summed E-state index contributed by atoms with van der Waals surface area (Å²) in [5.74, 6) is -12.1. The highest BCUT2D eigenvalue weighted by molar-refractivity contribution is 7.88. The third-order valence-electron chi connectivity index (χ3n) is 7.40. The first-order valence-corrected chi connectivity index (χ1v) is 15.0. The van der Waals surface area contributed by atoms with Gasteiger partial charge in [-0.3, -0.25) is 23.7 Å². The minimum Gasteiger partial charge on any atom is -0.481 e. The summed E-state index contributed by atoms with van der Waals surface area (Å²) in [6.07, 6.45) is 14.9. The lowest BCUT2D eigenvalue weighted by atomic mass is 9.68. The lowest BCUT2D eigenvalue weighted by Crippen LogP contribution is -2.63. The Labute approximate surface area is 225 Å². The van der Waals surface area contributed by atoms with E-state index in [0.29, 0.717) is 19.8 Å². The van der Waals surface area contributed by atoms with Crippen molar-refractivity contribution in [3.63, 3.8) is 0 Å². The predicted molar refractivity (Wildman–Crippen MR) is 141 cm³/mol. The van der Waals surface area contributed by atoms with Crippen LogP contribution in [0.3, 0.4) is 0 Å². The summed E-state index contributed by atoms with van der Waals surface area (Å²) in [5, 5.41) is 38.2. The van der Waals surface area contributed by atoms with Crippen molar-refractivity contribution in [1.82, 2.24) is 0 Å². The largest absolute Gasteiger partial charge is 0.481 e. The zero-order valence-electron chi connectivity index (χ0n) is 22.7. The SMILES string of the molecule is CCCCCCCCCCCCCCCCCCC(C(=O)O)(C(C(=O)O)C(C)(C(=O)O)C(=O)O)S(=O)(=O)O. The quantitative estimate of drug-likeness (QED) is 0.0581. The number of carboxylic acid groups (broad SMARTS) is 4. The molecule has 0 bridgehead atoms. The monoisotopic (exact) mass is 566 g/mol. The number of hydrogen-bond acceptors (Lipinski definition) is 6. The van der Waals surface area contributed by atoms with Crippen molar-refractivity contribution >= 4 is 34.0 Å². The molecule has 0 rings (SSSR count). The van der Waals surface area contributed by atoms with Gasteiger partial charge in [0.15, 0.2) is 5.41 Å². The van der Waals surface area contributed by atoms with E-state index in [9.17, 15) is 52.6 Å². The standard InChI is InChI=1S/C26H46O11S/c1-3-4-5-6-7-8-9-10-11-12-13-14-15-16-17-18-19-26(24(33)34,38(35,36)37)20(21(27)28)25(2,22(29)30)23(31)32/h20H,3-19H2,1-2H3,(H,27,28)(H,29,30)(H,31,32)(H,33,34)(H,35,36,37). The van der Waals surface area contributed by atoms with Gasteiger partial charge >= 0.3 is 23.9 Å². The van der Waals surface area contributed by atoms with E-state index in [1.807, 2.05) is 0 Å². The molecule has 12 heteroatoms. The second kappa shape index (κ2) is 17.4. The molecule has 0 aromatic carbocycles. The molecular formula is C26H46O11S. The zero-order valence-corrected chi connectivity index (χ0v) is 23.5. The van der Waals surface area contributed by atoms with Crippen molar-refractivity contribution in [2.45, 2.75) is 128 Å². The zero-order chi connectivity index (χ0) is 29.4.